The van der Waals surface area contributed by atoms with E-state index in [1.165, 1.54) is 13.4 Å². The molecule has 1 aromatic rings. The number of ether oxygens (including phenoxy) is 1. The molecule has 0 spiro atoms. The molecule has 17 heavy (non-hydrogen) atoms. The number of carbonyl (C=O) groups excluding carboxylic acids is 1. The van der Waals surface area contributed by atoms with E-state index >= 15 is 0 Å². The van der Waals surface area contributed by atoms with Gasteiger partial charge in [-0.1, -0.05) is 20.3 Å². The van der Waals surface area contributed by atoms with Crippen LogP contribution in [0.5, 0.6) is 5.88 Å². The molecule has 6 nitrogen and oxygen atoms in total. The molecule has 2 unspecified atom stereocenters. The van der Waals surface area contributed by atoms with Gasteiger partial charge in [-0.25, -0.2) is 4.98 Å². The second kappa shape index (κ2) is 4.57. The molecular formula is C11H16N4O2. The Morgan fingerprint density at radius 3 is 2.94 bits per heavy atom. The Balaban J connectivity index is 2.33. The number of nitrogens with zero attached hydrogens (tertiary/aromatic N) is 2. The Labute approximate surface area is 99.8 Å². The van der Waals surface area contributed by atoms with Crippen molar-refractivity contribution in [2.75, 3.05) is 17.7 Å². The summed E-state index contributed by atoms with van der Waals surface area (Å²) in [7, 11) is 1.51. The van der Waals surface area contributed by atoms with Crippen LogP contribution in [0.3, 0.4) is 0 Å². The lowest BCUT2D eigenvalue weighted by Crippen LogP contribution is -2.43. The summed E-state index contributed by atoms with van der Waals surface area (Å²) in [5.41, 5.74) is 0.513. The van der Waals surface area contributed by atoms with Crippen LogP contribution in [0.25, 0.3) is 0 Å². The van der Waals surface area contributed by atoms with E-state index in [0.717, 1.165) is 6.42 Å². The highest BCUT2D eigenvalue weighted by Gasteiger charge is 2.31. The average molecular weight is 236 g/mol. The quantitative estimate of drug-likeness (QED) is 0.826. The van der Waals surface area contributed by atoms with Crippen LogP contribution in [0.4, 0.5) is 11.5 Å². The van der Waals surface area contributed by atoms with Crippen molar-refractivity contribution >= 4 is 17.4 Å². The molecule has 2 atom stereocenters. The summed E-state index contributed by atoms with van der Waals surface area (Å²) in [6, 6.07) is -0.257. The lowest BCUT2D eigenvalue weighted by atomic mass is 9.97. The summed E-state index contributed by atoms with van der Waals surface area (Å²) in [5.74, 6) is 1.16. The van der Waals surface area contributed by atoms with Gasteiger partial charge in [0.1, 0.15) is 18.1 Å². The van der Waals surface area contributed by atoms with E-state index < -0.39 is 0 Å². The molecule has 0 bridgehead atoms. The first-order chi connectivity index (χ1) is 8.17. The summed E-state index contributed by atoms with van der Waals surface area (Å²) >= 11 is 0. The minimum absolute atomic E-state index is 0.0695. The van der Waals surface area contributed by atoms with Crippen molar-refractivity contribution in [3.8, 4) is 5.88 Å². The maximum absolute atomic E-state index is 11.9. The number of amides is 1. The summed E-state index contributed by atoms with van der Waals surface area (Å²) in [6.45, 7) is 4.08. The molecule has 1 aliphatic heterocycles. The van der Waals surface area contributed by atoms with Gasteiger partial charge in [-0.15, -0.1) is 0 Å². The number of carbonyl (C=O) groups is 1. The largest absolute Gasteiger partial charge is 0.479 e. The predicted octanol–water partition coefficient (Wildman–Crippen LogP) is 1.26. The summed E-state index contributed by atoms with van der Waals surface area (Å²) in [4.78, 5) is 20.0. The standard InChI is InChI=1S/C11H16N4O2/c1-4-6(2)7-10(16)15-8-9(14-7)12-5-13-11(8)17-3/h5-7H,4H2,1-3H3,(H,15,16)(H,12,13,14). The van der Waals surface area contributed by atoms with Crippen LogP contribution >= 0.6 is 0 Å². The van der Waals surface area contributed by atoms with E-state index in [9.17, 15) is 4.79 Å². The van der Waals surface area contributed by atoms with Crippen LogP contribution in [0.1, 0.15) is 20.3 Å². The third-order valence-corrected chi connectivity index (χ3v) is 3.04. The van der Waals surface area contributed by atoms with Gasteiger partial charge in [0.05, 0.1) is 7.11 Å². The Morgan fingerprint density at radius 1 is 1.53 bits per heavy atom. The number of hydrogen-bond donors (Lipinski definition) is 2. The Hall–Kier alpha value is -1.85. The van der Waals surface area contributed by atoms with Crippen LogP contribution in [0, 0.1) is 5.92 Å². The van der Waals surface area contributed by atoms with E-state index in [4.69, 9.17) is 4.74 Å². The molecule has 0 aliphatic carbocycles. The normalized spacial score (nSPS) is 19.9. The number of fused-ring (bicyclic) bond motifs is 1. The van der Waals surface area contributed by atoms with E-state index in [1.54, 1.807) is 0 Å². The number of nitrogens with one attached hydrogen (secondary N) is 2. The highest BCUT2D eigenvalue weighted by atomic mass is 16.5. The van der Waals surface area contributed by atoms with Crippen molar-refractivity contribution in [2.45, 2.75) is 26.3 Å². The second-order valence-electron chi connectivity index (χ2n) is 4.10. The number of methoxy groups -OCH3 is 1. The molecular weight excluding hydrogens is 220 g/mol. The fourth-order valence-corrected chi connectivity index (χ4v) is 1.80. The van der Waals surface area contributed by atoms with Crippen molar-refractivity contribution in [2.24, 2.45) is 5.92 Å². The third-order valence-electron chi connectivity index (χ3n) is 3.04. The first kappa shape index (κ1) is 11.6. The van der Waals surface area contributed by atoms with E-state index in [1.807, 2.05) is 6.92 Å². The summed E-state index contributed by atoms with van der Waals surface area (Å²) in [5, 5.41) is 5.92. The monoisotopic (exact) mass is 236 g/mol. The Morgan fingerprint density at radius 2 is 2.29 bits per heavy atom. The molecule has 92 valence electrons. The van der Waals surface area contributed by atoms with Crippen molar-refractivity contribution in [3.05, 3.63) is 6.33 Å². The SMILES string of the molecule is CCC(C)C1Nc2ncnc(OC)c2NC1=O. The lowest BCUT2D eigenvalue weighted by molar-refractivity contribution is -0.118. The van der Waals surface area contributed by atoms with Crippen LogP contribution < -0.4 is 15.4 Å². The first-order valence-corrected chi connectivity index (χ1v) is 5.63. The fourth-order valence-electron chi connectivity index (χ4n) is 1.80. The average Bonchev–Trinajstić information content (AvgIpc) is 2.36. The zero-order valence-electron chi connectivity index (χ0n) is 10.2. The molecule has 0 aromatic carbocycles. The molecule has 1 aliphatic rings. The minimum Gasteiger partial charge on any atom is -0.479 e. The van der Waals surface area contributed by atoms with Crippen molar-refractivity contribution in [1.82, 2.24) is 9.97 Å². The van der Waals surface area contributed by atoms with E-state index in [-0.39, 0.29) is 17.9 Å². The van der Waals surface area contributed by atoms with Gasteiger partial charge in [0, 0.05) is 0 Å². The maximum atomic E-state index is 11.9. The molecule has 2 rings (SSSR count). The molecule has 1 aromatic heterocycles. The summed E-state index contributed by atoms with van der Waals surface area (Å²) < 4.78 is 5.08. The fraction of sp³-hybridized carbons (Fsp3) is 0.545. The zero-order valence-corrected chi connectivity index (χ0v) is 10.2. The van der Waals surface area contributed by atoms with Gasteiger partial charge in [-0.3, -0.25) is 4.79 Å². The highest BCUT2D eigenvalue weighted by Crippen LogP contribution is 2.33. The van der Waals surface area contributed by atoms with Gasteiger partial charge < -0.3 is 15.4 Å². The molecule has 0 radical (unpaired) electrons. The van der Waals surface area contributed by atoms with Crippen molar-refractivity contribution in [1.29, 1.82) is 0 Å². The van der Waals surface area contributed by atoms with Crippen LogP contribution in [0.2, 0.25) is 0 Å². The van der Waals surface area contributed by atoms with Gasteiger partial charge in [-0.05, 0) is 5.92 Å². The van der Waals surface area contributed by atoms with Crippen LogP contribution in [-0.4, -0.2) is 29.0 Å². The zero-order chi connectivity index (χ0) is 12.4. The lowest BCUT2D eigenvalue weighted by Gasteiger charge is -2.29. The predicted molar refractivity (Wildman–Crippen MR) is 64.1 cm³/mol. The molecule has 1 amide bonds. The van der Waals surface area contributed by atoms with E-state index in [2.05, 4.69) is 27.5 Å². The Bertz CT molecular complexity index is 435. The number of rotatable bonds is 3. The van der Waals surface area contributed by atoms with Gasteiger partial charge in [0.2, 0.25) is 11.8 Å². The second-order valence-corrected chi connectivity index (χ2v) is 4.10. The van der Waals surface area contributed by atoms with E-state index in [0.29, 0.717) is 17.4 Å². The first-order valence-electron chi connectivity index (χ1n) is 5.63. The van der Waals surface area contributed by atoms with Gasteiger partial charge in [0.15, 0.2) is 5.82 Å². The number of anilines is 2. The molecule has 6 heteroatoms. The van der Waals surface area contributed by atoms with Crippen molar-refractivity contribution < 1.29 is 9.53 Å². The molecule has 2 heterocycles. The summed E-state index contributed by atoms with van der Waals surface area (Å²) in [6.07, 6.45) is 2.33. The number of aromatic nitrogens is 2. The van der Waals surface area contributed by atoms with Crippen molar-refractivity contribution in [3.63, 3.8) is 0 Å². The topological polar surface area (TPSA) is 76.1 Å². The number of hydrogen-bond acceptors (Lipinski definition) is 5. The maximum Gasteiger partial charge on any atom is 0.247 e. The molecule has 0 fully saturated rings. The van der Waals surface area contributed by atoms with Gasteiger partial charge in [-0.2, -0.15) is 4.98 Å². The van der Waals surface area contributed by atoms with Crippen LogP contribution in [0.15, 0.2) is 6.33 Å². The third kappa shape index (κ3) is 2.02. The molecule has 0 saturated carbocycles. The minimum atomic E-state index is -0.257. The molecule has 0 saturated heterocycles. The van der Waals surface area contributed by atoms with Gasteiger partial charge >= 0.3 is 0 Å². The highest BCUT2D eigenvalue weighted by molar-refractivity contribution is 6.03. The van der Waals surface area contributed by atoms with Crippen LogP contribution in [-0.2, 0) is 4.79 Å². The van der Waals surface area contributed by atoms with Gasteiger partial charge in [0.25, 0.3) is 0 Å². The molecule has 2 N–H and O–H groups in total. The smallest absolute Gasteiger partial charge is 0.247 e. The Kier molecular flexibility index (Phi) is 3.12.